The number of rotatable bonds is 2. The summed E-state index contributed by atoms with van der Waals surface area (Å²) in [5, 5.41) is 9.56. The highest BCUT2D eigenvalue weighted by Gasteiger charge is 2.15. The van der Waals surface area contributed by atoms with Crippen LogP contribution < -0.4 is 4.74 Å². The van der Waals surface area contributed by atoms with Crippen LogP contribution in [0.5, 0.6) is 11.5 Å². The van der Waals surface area contributed by atoms with E-state index in [0.29, 0.717) is 9.32 Å². The van der Waals surface area contributed by atoms with Gasteiger partial charge in [0.2, 0.25) is 0 Å². The molecule has 0 heterocycles. The molecule has 0 fully saturated rings. The summed E-state index contributed by atoms with van der Waals surface area (Å²) < 4.78 is 10.0. The van der Waals surface area contributed by atoms with E-state index in [1.165, 1.54) is 20.3 Å². The fourth-order valence-corrected chi connectivity index (χ4v) is 1.56. The van der Waals surface area contributed by atoms with Crippen molar-refractivity contribution in [2.24, 2.45) is 0 Å². The number of aromatic hydroxyl groups is 1. The van der Waals surface area contributed by atoms with E-state index in [-0.39, 0.29) is 11.3 Å². The molecule has 1 rings (SSSR count). The number of esters is 1. The second kappa shape index (κ2) is 4.50. The highest BCUT2D eigenvalue weighted by molar-refractivity contribution is 14.1. The summed E-state index contributed by atoms with van der Waals surface area (Å²) in [5.74, 6) is -0.162. The van der Waals surface area contributed by atoms with Gasteiger partial charge in [-0.25, -0.2) is 4.79 Å². The zero-order valence-corrected chi connectivity index (χ0v) is 9.86. The quantitative estimate of drug-likeness (QED) is 0.668. The second-order valence-corrected chi connectivity index (χ2v) is 3.66. The van der Waals surface area contributed by atoms with E-state index < -0.39 is 5.97 Å². The van der Waals surface area contributed by atoms with E-state index in [1.54, 1.807) is 6.07 Å². The number of phenols is 1. The van der Waals surface area contributed by atoms with Crippen LogP contribution in [0.4, 0.5) is 0 Å². The van der Waals surface area contributed by atoms with E-state index in [0.717, 1.165) is 0 Å². The highest BCUT2D eigenvalue weighted by Crippen LogP contribution is 2.29. The largest absolute Gasteiger partial charge is 0.506 e. The third-order valence-electron chi connectivity index (χ3n) is 1.68. The molecule has 1 N–H and O–H groups in total. The van der Waals surface area contributed by atoms with Gasteiger partial charge in [0.25, 0.3) is 0 Å². The van der Waals surface area contributed by atoms with Crippen LogP contribution in [-0.4, -0.2) is 25.3 Å². The van der Waals surface area contributed by atoms with Crippen LogP contribution in [-0.2, 0) is 4.74 Å². The Hall–Kier alpha value is -0.980. The Bertz CT molecular complexity index is 362. The molecule has 0 unspecified atom stereocenters. The Morgan fingerprint density at radius 3 is 2.57 bits per heavy atom. The molecule has 0 aliphatic carbocycles. The predicted octanol–water partition coefficient (Wildman–Crippen LogP) is 1.79. The number of hydrogen-bond acceptors (Lipinski definition) is 4. The van der Waals surface area contributed by atoms with E-state index in [2.05, 4.69) is 4.74 Å². The van der Waals surface area contributed by atoms with Gasteiger partial charge in [0.15, 0.2) is 0 Å². The van der Waals surface area contributed by atoms with Gasteiger partial charge in [-0.3, -0.25) is 0 Å². The molecular weight excluding hydrogens is 299 g/mol. The first-order valence-electron chi connectivity index (χ1n) is 3.75. The van der Waals surface area contributed by atoms with Gasteiger partial charge in [-0.05, 0) is 34.7 Å². The number of phenolic OH excluding ortho intramolecular Hbond substituents is 1. The molecule has 1 aromatic rings. The van der Waals surface area contributed by atoms with Gasteiger partial charge in [0, 0.05) is 0 Å². The average Bonchev–Trinajstić information content (AvgIpc) is 2.20. The summed E-state index contributed by atoms with van der Waals surface area (Å²) in [7, 11) is 2.75. The van der Waals surface area contributed by atoms with Crippen LogP contribution in [0.25, 0.3) is 0 Å². The predicted molar refractivity (Wildman–Crippen MR) is 58.7 cm³/mol. The third-order valence-corrected chi connectivity index (χ3v) is 2.50. The topological polar surface area (TPSA) is 55.8 Å². The highest BCUT2D eigenvalue weighted by atomic mass is 127. The number of carbonyl (C=O) groups is 1. The maximum atomic E-state index is 11.2. The standard InChI is InChI=1S/C9H9IO4/c1-13-5-3-6(9(12)14-2)8(11)7(10)4-5/h3-4,11H,1-2H3. The minimum atomic E-state index is -0.584. The van der Waals surface area contributed by atoms with Crippen LogP contribution in [0.1, 0.15) is 10.4 Å². The van der Waals surface area contributed by atoms with Gasteiger partial charge in [0.1, 0.15) is 17.1 Å². The van der Waals surface area contributed by atoms with Crippen molar-refractivity contribution in [3.63, 3.8) is 0 Å². The minimum Gasteiger partial charge on any atom is -0.506 e. The number of benzene rings is 1. The van der Waals surface area contributed by atoms with Crippen LogP contribution >= 0.6 is 22.6 Å². The molecular formula is C9H9IO4. The monoisotopic (exact) mass is 308 g/mol. The Morgan fingerprint density at radius 1 is 1.43 bits per heavy atom. The van der Waals surface area contributed by atoms with Crippen LogP contribution in [0.15, 0.2) is 12.1 Å². The molecule has 1 aromatic carbocycles. The first kappa shape index (κ1) is 11.1. The third kappa shape index (κ3) is 2.09. The molecule has 0 amide bonds. The smallest absolute Gasteiger partial charge is 0.341 e. The molecule has 0 saturated carbocycles. The van der Waals surface area contributed by atoms with Gasteiger partial charge in [0.05, 0.1) is 17.8 Å². The second-order valence-electron chi connectivity index (χ2n) is 2.50. The summed E-state index contributed by atoms with van der Waals surface area (Å²) >= 11 is 1.91. The first-order chi connectivity index (χ1) is 6.60. The van der Waals surface area contributed by atoms with Crippen molar-refractivity contribution in [2.45, 2.75) is 0 Å². The Balaban J connectivity index is 3.27. The van der Waals surface area contributed by atoms with Crippen molar-refractivity contribution in [1.29, 1.82) is 0 Å². The van der Waals surface area contributed by atoms with E-state index in [9.17, 15) is 9.90 Å². The molecule has 0 spiro atoms. The van der Waals surface area contributed by atoms with E-state index in [4.69, 9.17) is 4.74 Å². The van der Waals surface area contributed by atoms with Crippen molar-refractivity contribution in [3.8, 4) is 11.5 Å². The number of methoxy groups -OCH3 is 2. The molecule has 0 aliphatic heterocycles. The zero-order valence-electron chi connectivity index (χ0n) is 7.70. The Kier molecular flexibility index (Phi) is 3.56. The molecule has 76 valence electrons. The summed E-state index contributed by atoms with van der Waals surface area (Å²) in [6.45, 7) is 0. The maximum absolute atomic E-state index is 11.2. The maximum Gasteiger partial charge on any atom is 0.341 e. The number of halogens is 1. The van der Waals surface area contributed by atoms with Crippen molar-refractivity contribution in [1.82, 2.24) is 0 Å². The normalized spacial score (nSPS) is 9.64. The van der Waals surface area contributed by atoms with Crippen molar-refractivity contribution >= 4 is 28.6 Å². The minimum absolute atomic E-state index is 0.0850. The van der Waals surface area contributed by atoms with Crippen molar-refractivity contribution in [3.05, 3.63) is 21.3 Å². The van der Waals surface area contributed by atoms with E-state index >= 15 is 0 Å². The zero-order chi connectivity index (χ0) is 10.7. The molecule has 0 aromatic heterocycles. The van der Waals surface area contributed by atoms with Gasteiger partial charge in [-0.15, -0.1) is 0 Å². The van der Waals surface area contributed by atoms with Crippen LogP contribution in [0, 0.1) is 3.57 Å². The molecule has 4 nitrogen and oxygen atoms in total. The summed E-state index contributed by atoms with van der Waals surface area (Å²) in [6.07, 6.45) is 0. The number of carbonyl (C=O) groups excluding carboxylic acids is 1. The molecule has 14 heavy (non-hydrogen) atoms. The molecule has 0 bridgehead atoms. The Morgan fingerprint density at radius 2 is 2.07 bits per heavy atom. The van der Waals surface area contributed by atoms with Crippen molar-refractivity contribution in [2.75, 3.05) is 14.2 Å². The van der Waals surface area contributed by atoms with Gasteiger partial charge in [-0.1, -0.05) is 0 Å². The molecule has 5 heteroatoms. The summed E-state index contributed by atoms with van der Waals surface area (Å²) in [4.78, 5) is 11.2. The first-order valence-corrected chi connectivity index (χ1v) is 4.82. The van der Waals surface area contributed by atoms with Gasteiger partial charge in [-0.2, -0.15) is 0 Å². The van der Waals surface area contributed by atoms with Gasteiger partial charge >= 0.3 is 5.97 Å². The molecule has 0 aliphatic rings. The number of ether oxygens (including phenoxy) is 2. The van der Waals surface area contributed by atoms with Crippen LogP contribution in [0.3, 0.4) is 0 Å². The molecule has 0 radical (unpaired) electrons. The fourth-order valence-electron chi connectivity index (χ4n) is 0.958. The van der Waals surface area contributed by atoms with Gasteiger partial charge < -0.3 is 14.6 Å². The van der Waals surface area contributed by atoms with Crippen molar-refractivity contribution < 1.29 is 19.4 Å². The fraction of sp³-hybridized carbons (Fsp3) is 0.222. The lowest BCUT2D eigenvalue weighted by Gasteiger charge is -2.07. The lowest BCUT2D eigenvalue weighted by atomic mass is 10.2. The Labute approximate surface area is 95.0 Å². The summed E-state index contributed by atoms with van der Waals surface area (Å²) in [5.41, 5.74) is 0.108. The molecule has 0 atom stereocenters. The average molecular weight is 308 g/mol. The summed E-state index contributed by atoms with van der Waals surface area (Å²) in [6, 6.07) is 3.06. The number of hydrogen-bond donors (Lipinski definition) is 1. The lowest BCUT2D eigenvalue weighted by Crippen LogP contribution is -2.03. The molecule has 0 saturated heterocycles. The van der Waals surface area contributed by atoms with E-state index in [1.807, 2.05) is 22.6 Å². The SMILES string of the molecule is COC(=O)c1cc(OC)cc(I)c1O. The lowest BCUT2D eigenvalue weighted by molar-refractivity contribution is 0.0597. The van der Waals surface area contributed by atoms with Crippen LogP contribution in [0.2, 0.25) is 0 Å².